The first-order chi connectivity index (χ1) is 8.45. The van der Waals surface area contributed by atoms with Crippen LogP contribution in [0, 0.1) is 5.92 Å². The number of nitrogens with zero attached hydrogens (tertiary/aromatic N) is 2. The van der Waals surface area contributed by atoms with Gasteiger partial charge in [-0.25, -0.2) is 0 Å². The average Bonchev–Trinajstić information content (AvgIpc) is 2.78. The van der Waals surface area contributed by atoms with Gasteiger partial charge in [-0.15, -0.1) is 0 Å². The van der Waals surface area contributed by atoms with Crippen LogP contribution < -0.4 is 5.73 Å². The van der Waals surface area contributed by atoms with Crippen molar-refractivity contribution < 1.29 is 9.59 Å². The van der Waals surface area contributed by atoms with Gasteiger partial charge in [0.25, 0.3) is 0 Å². The molecule has 2 aliphatic rings. The van der Waals surface area contributed by atoms with E-state index in [0.29, 0.717) is 12.5 Å². The lowest BCUT2D eigenvalue weighted by Crippen LogP contribution is -2.52. The molecule has 2 N–H and O–H groups in total. The van der Waals surface area contributed by atoms with Crippen LogP contribution >= 0.6 is 0 Å². The van der Waals surface area contributed by atoms with Crippen molar-refractivity contribution in [3.63, 3.8) is 0 Å². The van der Waals surface area contributed by atoms with Crippen molar-refractivity contribution in [2.45, 2.75) is 38.6 Å². The van der Waals surface area contributed by atoms with Gasteiger partial charge in [0.2, 0.25) is 11.8 Å². The van der Waals surface area contributed by atoms with Crippen molar-refractivity contribution in [3.05, 3.63) is 0 Å². The van der Waals surface area contributed by atoms with Crippen LogP contribution in [0.4, 0.5) is 0 Å². The molecule has 1 spiro atoms. The van der Waals surface area contributed by atoms with Crippen LogP contribution in [0.5, 0.6) is 0 Å². The molecule has 2 amide bonds. The van der Waals surface area contributed by atoms with Gasteiger partial charge >= 0.3 is 0 Å². The van der Waals surface area contributed by atoms with E-state index in [0.717, 1.165) is 32.4 Å². The highest BCUT2D eigenvalue weighted by atomic mass is 16.2. The predicted octanol–water partition coefficient (Wildman–Crippen LogP) is 0.195. The molecule has 18 heavy (non-hydrogen) atoms. The van der Waals surface area contributed by atoms with Crippen LogP contribution in [-0.2, 0) is 9.59 Å². The van der Waals surface area contributed by atoms with Crippen molar-refractivity contribution in [1.29, 1.82) is 0 Å². The number of hydrogen-bond acceptors (Lipinski definition) is 3. The van der Waals surface area contributed by atoms with Crippen molar-refractivity contribution in [1.82, 2.24) is 9.80 Å². The Balaban J connectivity index is 2.11. The van der Waals surface area contributed by atoms with E-state index in [1.54, 1.807) is 4.90 Å². The predicted molar refractivity (Wildman–Crippen MR) is 68.8 cm³/mol. The van der Waals surface area contributed by atoms with Crippen molar-refractivity contribution >= 4 is 11.8 Å². The number of primary amides is 1. The van der Waals surface area contributed by atoms with Gasteiger partial charge in [-0.1, -0.05) is 13.8 Å². The molecule has 5 heteroatoms. The first kappa shape index (κ1) is 13.3. The third-order valence-electron chi connectivity index (χ3n) is 4.04. The minimum atomic E-state index is -0.422. The number of hydrogen-bond donors (Lipinski definition) is 1. The summed E-state index contributed by atoms with van der Waals surface area (Å²) in [6.45, 7) is 7.02. The van der Waals surface area contributed by atoms with Crippen molar-refractivity contribution in [2.75, 3.05) is 26.2 Å². The molecule has 2 rings (SSSR count). The fourth-order valence-corrected chi connectivity index (χ4v) is 3.33. The summed E-state index contributed by atoms with van der Waals surface area (Å²) in [5, 5.41) is 0. The molecule has 2 fully saturated rings. The molecular formula is C13H23N3O2. The summed E-state index contributed by atoms with van der Waals surface area (Å²) in [4.78, 5) is 27.5. The fourth-order valence-electron chi connectivity index (χ4n) is 3.33. The van der Waals surface area contributed by atoms with Crippen molar-refractivity contribution in [2.24, 2.45) is 11.7 Å². The molecule has 1 unspecified atom stereocenters. The van der Waals surface area contributed by atoms with E-state index in [4.69, 9.17) is 5.73 Å². The Bertz CT molecular complexity index is 356. The maximum atomic E-state index is 12.5. The lowest BCUT2D eigenvalue weighted by atomic mass is 9.93. The summed E-state index contributed by atoms with van der Waals surface area (Å²) < 4.78 is 0. The molecular weight excluding hydrogens is 230 g/mol. The molecule has 5 nitrogen and oxygen atoms in total. The van der Waals surface area contributed by atoms with Crippen LogP contribution in [0.2, 0.25) is 0 Å². The third-order valence-corrected chi connectivity index (χ3v) is 4.04. The van der Waals surface area contributed by atoms with Crippen LogP contribution in [0.25, 0.3) is 0 Å². The van der Waals surface area contributed by atoms with Crippen LogP contribution in [-0.4, -0.2) is 53.3 Å². The van der Waals surface area contributed by atoms with E-state index >= 15 is 0 Å². The molecule has 0 radical (unpaired) electrons. The van der Waals surface area contributed by atoms with Gasteiger partial charge in [0.1, 0.15) is 5.54 Å². The molecule has 0 aromatic heterocycles. The quantitative estimate of drug-likeness (QED) is 0.778. The summed E-state index contributed by atoms with van der Waals surface area (Å²) >= 11 is 0. The van der Waals surface area contributed by atoms with Gasteiger partial charge in [-0.05, 0) is 31.7 Å². The highest BCUT2D eigenvalue weighted by Crippen LogP contribution is 2.38. The number of nitrogens with two attached hydrogens (primary N) is 1. The third kappa shape index (κ3) is 2.23. The Labute approximate surface area is 108 Å². The van der Waals surface area contributed by atoms with Crippen LogP contribution in [0.3, 0.4) is 0 Å². The van der Waals surface area contributed by atoms with E-state index in [1.165, 1.54) is 0 Å². The molecule has 0 aliphatic carbocycles. The smallest absolute Gasteiger partial charge is 0.243 e. The zero-order valence-corrected chi connectivity index (χ0v) is 11.3. The van der Waals surface area contributed by atoms with E-state index in [9.17, 15) is 9.59 Å². The largest absolute Gasteiger partial charge is 0.368 e. The summed E-state index contributed by atoms with van der Waals surface area (Å²) in [7, 11) is 0. The maximum Gasteiger partial charge on any atom is 0.243 e. The zero-order valence-electron chi connectivity index (χ0n) is 11.3. The molecule has 2 aliphatic heterocycles. The summed E-state index contributed by atoms with van der Waals surface area (Å²) in [6.07, 6.45) is 2.84. The van der Waals surface area contributed by atoms with E-state index in [2.05, 4.69) is 18.7 Å². The minimum Gasteiger partial charge on any atom is -0.368 e. The lowest BCUT2D eigenvalue weighted by molar-refractivity contribution is -0.139. The monoisotopic (exact) mass is 253 g/mol. The molecule has 102 valence electrons. The Morgan fingerprint density at radius 2 is 2.11 bits per heavy atom. The average molecular weight is 253 g/mol. The van der Waals surface area contributed by atoms with E-state index < -0.39 is 5.91 Å². The topological polar surface area (TPSA) is 66.6 Å². The van der Waals surface area contributed by atoms with Gasteiger partial charge in [-0.3, -0.25) is 14.5 Å². The second-order valence-corrected chi connectivity index (χ2v) is 5.92. The molecule has 0 aromatic carbocycles. The van der Waals surface area contributed by atoms with Gasteiger partial charge in [0.05, 0.1) is 6.54 Å². The van der Waals surface area contributed by atoms with E-state index in [1.807, 2.05) is 0 Å². The van der Waals surface area contributed by atoms with Crippen LogP contribution in [0.1, 0.15) is 33.1 Å². The van der Waals surface area contributed by atoms with Gasteiger partial charge in [-0.2, -0.15) is 0 Å². The van der Waals surface area contributed by atoms with Gasteiger partial charge in [0.15, 0.2) is 0 Å². The number of likely N-dealkylation sites (tertiary alicyclic amines) is 2. The first-order valence-corrected chi connectivity index (χ1v) is 6.78. The Hall–Kier alpha value is -1.10. The van der Waals surface area contributed by atoms with Crippen LogP contribution in [0.15, 0.2) is 0 Å². The SMILES string of the molecule is CC(C)CN1CCCC12CCN(CC(N)=O)C2=O. The molecule has 1 atom stereocenters. The maximum absolute atomic E-state index is 12.5. The van der Waals surface area contributed by atoms with E-state index in [-0.39, 0.29) is 18.0 Å². The summed E-state index contributed by atoms with van der Waals surface area (Å²) in [5.74, 6) is 0.242. The fraction of sp³-hybridized carbons (Fsp3) is 0.846. The molecule has 0 saturated carbocycles. The minimum absolute atomic E-state index is 0.0656. The first-order valence-electron chi connectivity index (χ1n) is 6.78. The zero-order chi connectivity index (χ0) is 13.3. The lowest BCUT2D eigenvalue weighted by Gasteiger charge is -2.34. The number of rotatable bonds is 4. The molecule has 2 heterocycles. The second-order valence-electron chi connectivity index (χ2n) is 5.92. The highest BCUT2D eigenvalue weighted by Gasteiger charge is 2.52. The molecule has 2 saturated heterocycles. The van der Waals surface area contributed by atoms with Gasteiger partial charge < -0.3 is 10.6 Å². The van der Waals surface area contributed by atoms with Gasteiger partial charge in [0, 0.05) is 13.1 Å². The van der Waals surface area contributed by atoms with Crippen molar-refractivity contribution in [3.8, 4) is 0 Å². The second kappa shape index (κ2) is 4.88. The standard InChI is InChI=1S/C13H23N3O2/c1-10(2)8-16-6-3-4-13(16)5-7-15(12(13)18)9-11(14)17/h10H,3-9H2,1-2H3,(H2,14,17). The summed E-state index contributed by atoms with van der Waals surface area (Å²) in [5.41, 5.74) is 4.86. The molecule has 0 aromatic rings. The number of amides is 2. The Morgan fingerprint density at radius 3 is 2.72 bits per heavy atom. The summed E-state index contributed by atoms with van der Waals surface area (Å²) in [6, 6.07) is 0. The number of carbonyl (C=O) groups is 2. The highest BCUT2D eigenvalue weighted by molar-refractivity contribution is 5.92. The normalized spacial score (nSPS) is 28.8. The number of carbonyl (C=O) groups excluding carboxylic acids is 2. The Morgan fingerprint density at radius 1 is 1.39 bits per heavy atom. The Kier molecular flexibility index (Phi) is 3.61. The molecule has 0 bridgehead atoms.